The lowest BCUT2D eigenvalue weighted by Crippen LogP contribution is -2.51. The highest BCUT2D eigenvalue weighted by Crippen LogP contribution is 2.17. The summed E-state index contributed by atoms with van der Waals surface area (Å²) in [5.74, 6) is -0.00146. The second-order valence-corrected chi connectivity index (χ2v) is 6.83. The summed E-state index contributed by atoms with van der Waals surface area (Å²) in [6, 6.07) is 13.4. The number of piperazine rings is 1. The van der Waals surface area contributed by atoms with Crippen LogP contribution in [0.3, 0.4) is 0 Å². The van der Waals surface area contributed by atoms with Crippen molar-refractivity contribution >= 4 is 29.2 Å². The number of carbonyl (C=O) groups excluding carboxylic acids is 1. The highest BCUT2D eigenvalue weighted by Gasteiger charge is 2.18. The van der Waals surface area contributed by atoms with Crippen LogP contribution in [0.2, 0.25) is 5.02 Å². The minimum absolute atomic E-state index is 0.229. The van der Waals surface area contributed by atoms with E-state index in [0.29, 0.717) is 29.6 Å². The van der Waals surface area contributed by atoms with Crippen molar-refractivity contribution < 1.29 is 9.18 Å². The second-order valence-electron chi connectivity index (χ2n) is 6.43. The first-order chi connectivity index (χ1) is 13.5. The number of hydrogen-bond acceptors (Lipinski definition) is 3. The Bertz CT molecular complexity index is 835. The molecule has 3 N–H and O–H groups in total. The van der Waals surface area contributed by atoms with Crippen molar-refractivity contribution in [2.24, 2.45) is 10.7 Å². The molecule has 28 heavy (non-hydrogen) atoms. The number of guanidine groups is 1. The summed E-state index contributed by atoms with van der Waals surface area (Å²) in [5, 5.41) is 3.21. The van der Waals surface area contributed by atoms with Gasteiger partial charge in [-0.2, -0.15) is 0 Å². The maximum absolute atomic E-state index is 13.0. The van der Waals surface area contributed by atoms with Crippen LogP contribution in [0.15, 0.2) is 53.5 Å². The van der Waals surface area contributed by atoms with E-state index >= 15 is 0 Å². The number of carbonyl (C=O) groups is 1. The number of amides is 1. The van der Waals surface area contributed by atoms with Gasteiger partial charge in [-0.25, -0.2) is 4.39 Å². The number of nitrogens with two attached hydrogens (primary N) is 1. The van der Waals surface area contributed by atoms with Crippen LogP contribution in [0.5, 0.6) is 0 Å². The summed E-state index contributed by atoms with van der Waals surface area (Å²) in [5.41, 5.74) is 7.52. The van der Waals surface area contributed by atoms with Crippen molar-refractivity contribution in [1.29, 1.82) is 0 Å². The monoisotopic (exact) mass is 403 g/mol. The molecule has 0 saturated carbocycles. The Kier molecular flexibility index (Phi) is 6.71. The standard InChI is InChI=1S/C20H23ClFN5O/c21-18-4-2-1-3-17(18)19(28)24-9-10-25-20(23)27-13-11-26(12-14-27)16-7-5-15(22)6-8-16/h1-8H,9-14H2,(H2,23,25)(H,24,28). The molecule has 1 aliphatic rings. The number of anilines is 1. The third-order valence-electron chi connectivity index (χ3n) is 4.59. The van der Waals surface area contributed by atoms with E-state index in [-0.39, 0.29) is 11.7 Å². The van der Waals surface area contributed by atoms with Gasteiger partial charge >= 0.3 is 0 Å². The zero-order chi connectivity index (χ0) is 19.9. The molecule has 0 aromatic heterocycles. The third-order valence-corrected chi connectivity index (χ3v) is 4.91. The van der Waals surface area contributed by atoms with Crippen LogP contribution in [0.25, 0.3) is 0 Å². The van der Waals surface area contributed by atoms with Gasteiger partial charge in [-0.05, 0) is 36.4 Å². The van der Waals surface area contributed by atoms with Crippen molar-refractivity contribution in [2.75, 3.05) is 44.2 Å². The fraction of sp³-hybridized carbons (Fsp3) is 0.300. The van der Waals surface area contributed by atoms with Crippen molar-refractivity contribution in [3.05, 3.63) is 64.9 Å². The summed E-state index contributed by atoms with van der Waals surface area (Å²) in [7, 11) is 0. The second kappa shape index (κ2) is 9.41. The zero-order valence-electron chi connectivity index (χ0n) is 15.4. The highest BCUT2D eigenvalue weighted by atomic mass is 35.5. The number of rotatable bonds is 5. The number of benzene rings is 2. The molecule has 8 heteroatoms. The Hall–Kier alpha value is -2.80. The van der Waals surface area contributed by atoms with Crippen LogP contribution in [-0.4, -0.2) is 56.0 Å². The van der Waals surface area contributed by atoms with Gasteiger partial charge < -0.3 is 20.9 Å². The lowest BCUT2D eigenvalue weighted by Gasteiger charge is -2.36. The molecule has 0 atom stereocenters. The first kappa shape index (κ1) is 19.9. The van der Waals surface area contributed by atoms with Gasteiger partial charge in [0.15, 0.2) is 5.96 Å². The van der Waals surface area contributed by atoms with Crippen LogP contribution in [0, 0.1) is 5.82 Å². The molecule has 1 heterocycles. The van der Waals surface area contributed by atoms with Gasteiger partial charge in [-0.3, -0.25) is 9.79 Å². The number of aliphatic imine (C=N–C) groups is 1. The van der Waals surface area contributed by atoms with E-state index in [0.717, 1.165) is 31.9 Å². The molecule has 2 aromatic rings. The summed E-state index contributed by atoms with van der Waals surface area (Å²) < 4.78 is 13.0. The first-order valence-corrected chi connectivity index (χ1v) is 9.50. The molecule has 3 rings (SSSR count). The summed E-state index contributed by atoms with van der Waals surface area (Å²) >= 11 is 6.01. The molecular weight excluding hydrogens is 381 g/mol. The predicted molar refractivity (Wildman–Crippen MR) is 110 cm³/mol. The molecule has 0 radical (unpaired) electrons. The molecule has 2 aromatic carbocycles. The lowest BCUT2D eigenvalue weighted by molar-refractivity contribution is 0.0955. The van der Waals surface area contributed by atoms with E-state index in [2.05, 4.69) is 15.2 Å². The maximum atomic E-state index is 13.0. The zero-order valence-corrected chi connectivity index (χ0v) is 16.2. The van der Waals surface area contributed by atoms with E-state index in [1.807, 2.05) is 4.90 Å². The molecule has 1 amide bonds. The minimum Gasteiger partial charge on any atom is -0.370 e. The normalized spacial score (nSPS) is 14.9. The predicted octanol–water partition coefficient (Wildman–Crippen LogP) is 2.35. The summed E-state index contributed by atoms with van der Waals surface area (Å²) in [6.07, 6.45) is 0. The van der Waals surface area contributed by atoms with Gasteiger partial charge in [0.1, 0.15) is 5.82 Å². The van der Waals surface area contributed by atoms with Crippen molar-refractivity contribution in [2.45, 2.75) is 0 Å². The van der Waals surface area contributed by atoms with Gasteiger partial charge in [-0.1, -0.05) is 23.7 Å². The number of halogens is 2. The highest BCUT2D eigenvalue weighted by molar-refractivity contribution is 6.33. The molecule has 0 unspecified atom stereocenters. The van der Waals surface area contributed by atoms with E-state index in [1.54, 1.807) is 36.4 Å². The average molecular weight is 404 g/mol. The van der Waals surface area contributed by atoms with Gasteiger partial charge in [0.25, 0.3) is 5.91 Å². The fourth-order valence-corrected chi connectivity index (χ4v) is 3.25. The molecule has 0 bridgehead atoms. The van der Waals surface area contributed by atoms with E-state index < -0.39 is 0 Å². The average Bonchev–Trinajstić information content (AvgIpc) is 2.72. The molecule has 148 valence electrons. The van der Waals surface area contributed by atoms with E-state index in [4.69, 9.17) is 17.3 Å². The number of nitrogens with one attached hydrogen (secondary N) is 1. The van der Waals surface area contributed by atoms with E-state index in [1.165, 1.54) is 12.1 Å². The lowest BCUT2D eigenvalue weighted by atomic mass is 10.2. The number of nitrogens with zero attached hydrogens (tertiary/aromatic N) is 3. The van der Waals surface area contributed by atoms with Crippen LogP contribution in [0.4, 0.5) is 10.1 Å². The minimum atomic E-state index is -0.236. The van der Waals surface area contributed by atoms with Crippen molar-refractivity contribution in [3.63, 3.8) is 0 Å². The SMILES string of the molecule is NC(=NCCNC(=O)c1ccccc1Cl)N1CCN(c2ccc(F)cc2)CC1. The Labute approximate surface area is 168 Å². The Morgan fingerprint density at radius 1 is 1.11 bits per heavy atom. The quantitative estimate of drug-likeness (QED) is 0.456. The van der Waals surface area contributed by atoms with Crippen LogP contribution < -0.4 is 16.0 Å². The Balaban J connectivity index is 1.43. The molecule has 6 nitrogen and oxygen atoms in total. The van der Waals surface area contributed by atoms with Gasteiger partial charge in [0.05, 0.1) is 17.1 Å². The smallest absolute Gasteiger partial charge is 0.252 e. The largest absolute Gasteiger partial charge is 0.370 e. The Morgan fingerprint density at radius 3 is 2.46 bits per heavy atom. The van der Waals surface area contributed by atoms with Crippen LogP contribution in [0.1, 0.15) is 10.4 Å². The first-order valence-electron chi connectivity index (χ1n) is 9.12. The Morgan fingerprint density at radius 2 is 1.79 bits per heavy atom. The molecule has 0 spiro atoms. The number of hydrogen-bond donors (Lipinski definition) is 2. The van der Waals surface area contributed by atoms with E-state index in [9.17, 15) is 9.18 Å². The molecule has 1 saturated heterocycles. The molecule has 1 aliphatic heterocycles. The van der Waals surface area contributed by atoms with Gasteiger partial charge in [-0.15, -0.1) is 0 Å². The maximum Gasteiger partial charge on any atom is 0.252 e. The van der Waals surface area contributed by atoms with Crippen LogP contribution in [-0.2, 0) is 0 Å². The molecular formula is C20H23ClFN5O. The summed E-state index contributed by atoms with van der Waals surface area (Å²) in [6.45, 7) is 3.80. The topological polar surface area (TPSA) is 74.0 Å². The van der Waals surface area contributed by atoms with Crippen molar-refractivity contribution in [3.8, 4) is 0 Å². The summed E-state index contributed by atoms with van der Waals surface area (Å²) in [4.78, 5) is 20.6. The fourth-order valence-electron chi connectivity index (χ4n) is 3.03. The molecule has 1 fully saturated rings. The van der Waals surface area contributed by atoms with Gasteiger partial charge in [0, 0.05) is 38.4 Å². The third kappa shape index (κ3) is 5.13. The van der Waals surface area contributed by atoms with Gasteiger partial charge in [0.2, 0.25) is 0 Å². The van der Waals surface area contributed by atoms with Crippen molar-refractivity contribution in [1.82, 2.24) is 10.2 Å². The van der Waals surface area contributed by atoms with Crippen LogP contribution >= 0.6 is 11.6 Å². The molecule has 0 aliphatic carbocycles.